The van der Waals surface area contributed by atoms with E-state index in [0.29, 0.717) is 18.5 Å². The Morgan fingerprint density at radius 2 is 2.17 bits per heavy atom. The summed E-state index contributed by atoms with van der Waals surface area (Å²) in [5.41, 5.74) is 0.759. The number of anilines is 1. The zero-order valence-electron chi connectivity index (χ0n) is 10.6. The van der Waals surface area contributed by atoms with Crippen molar-refractivity contribution < 1.29 is 14.0 Å². The van der Waals surface area contributed by atoms with E-state index in [1.54, 1.807) is 18.0 Å². The Morgan fingerprint density at radius 1 is 1.44 bits per heavy atom. The molecule has 0 fully saturated rings. The second kappa shape index (κ2) is 6.74. The first-order valence-electron chi connectivity index (χ1n) is 5.80. The molecule has 1 amide bonds. The van der Waals surface area contributed by atoms with Crippen molar-refractivity contribution in [3.8, 4) is 0 Å². The van der Waals surface area contributed by atoms with Crippen molar-refractivity contribution in [1.82, 2.24) is 5.32 Å². The van der Waals surface area contributed by atoms with Gasteiger partial charge in [0.1, 0.15) is 12.1 Å². The van der Waals surface area contributed by atoms with E-state index in [2.05, 4.69) is 5.32 Å². The Labute approximate surface area is 106 Å². The zero-order chi connectivity index (χ0) is 13.5. The normalized spacial score (nSPS) is 9.94. The Hall–Kier alpha value is -1.91. The van der Waals surface area contributed by atoms with Gasteiger partial charge in [-0.3, -0.25) is 9.59 Å². The van der Waals surface area contributed by atoms with E-state index in [1.807, 2.05) is 6.92 Å². The fourth-order valence-electron chi connectivity index (χ4n) is 1.51. The molecule has 0 unspecified atom stereocenters. The van der Waals surface area contributed by atoms with Crippen LogP contribution >= 0.6 is 0 Å². The van der Waals surface area contributed by atoms with E-state index < -0.39 is 5.82 Å². The van der Waals surface area contributed by atoms with Crippen LogP contribution in [-0.4, -0.2) is 32.3 Å². The average molecular weight is 252 g/mol. The molecule has 0 aliphatic carbocycles. The van der Waals surface area contributed by atoms with Crippen LogP contribution in [0.1, 0.15) is 23.7 Å². The third kappa shape index (κ3) is 4.16. The van der Waals surface area contributed by atoms with Crippen LogP contribution in [-0.2, 0) is 4.79 Å². The second-order valence-corrected chi connectivity index (χ2v) is 4.07. The van der Waals surface area contributed by atoms with Crippen LogP contribution in [0, 0.1) is 5.82 Å². The maximum Gasteiger partial charge on any atom is 0.239 e. The molecule has 0 spiro atoms. The van der Waals surface area contributed by atoms with Crippen molar-refractivity contribution >= 4 is 17.9 Å². The van der Waals surface area contributed by atoms with Gasteiger partial charge in [-0.2, -0.15) is 0 Å². The number of amides is 1. The van der Waals surface area contributed by atoms with Gasteiger partial charge in [-0.25, -0.2) is 4.39 Å². The maximum absolute atomic E-state index is 13.2. The summed E-state index contributed by atoms with van der Waals surface area (Å²) < 4.78 is 13.2. The molecule has 0 saturated carbocycles. The minimum Gasteiger partial charge on any atom is -0.365 e. The number of benzene rings is 1. The minimum absolute atomic E-state index is 0.127. The molecule has 0 aromatic heterocycles. The molecular formula is C13H17FN2O2. The number of aldehydes is 1. The number of rotatable bonds is 6. The van der Waals surface area contributed by atoms with Gasteiger partial charge in [-0.1, -0.05) is 6.92 Å². The molecule has 0 atom stereocenters. The largest absolute Gasteiger partial charge is 0.365 e. The molecule has 5 heteroatoms. The standard InChI is InChI=1S/C13H17FN2O2/c1-3-4-15-13(18)8-16(2)12-6-10(9-17)5-11(14)7-12/h5-7,9H,3-4,8H2,1-2H3,(H,15,18). The number of halogens is 1. The Bertz CT molecular complexity index is 435. The summed E-state index contributed by atoms with van der Waals surface area (Å²) in [5, 5.41) is 2.73. The lowest BCUT2D eigenvalue weighted by Gasteiger charge is -2.19. The first-order chi connectivity index (χ1) is 8.56. The monoisotopic (exact) mass is 252 g/mol. The van der Waals surface area contributed by atoms with Crippen LogP contribution in [0.15, 0.2) is 18.2 Å². The summed E-state index contributed by atoms with van der Waals surface area (Å²) in [6.07, 6.45) is 1.45. The maximum atomic E-state index is 13.2. The number of carbonyl (C=O) groups is 2. The minimum atomic E-state index is -0.490. The molecule has 18 heavy (non-hydrogen) atoms. The SMILES string of the molecule is CCCNC(=O)CN(C)c1cc(F)cc(C=O)c1. The number of nitrogens with one attached hydrogen (secondary N) is 1. The van der Waals surface area contributed by atoms with Crippen LogP contribution in [0.4, 0.5) is 10.1 Å². The first kappa shape index (κ1) is 14.2. The third-order valence-corrected chi connectivity index (χ3v) is 2.43. The summed E-state index contributed by atoms with van der Waals surface area (Å²) in [6, 6.07) is 3.99. The van der Waals surface area contributed by atoms with Crippen LogP contribution in [0.25, 0.3) is 0 Å². The van der Waals surface area contributed by atoms with Gasteiger partial charge in [0, 0.05) is 24.8 Å². The summed E-state index contributed by atoms with van der Waals surface area (Å²) in [4.78, 5) is 23.7. The van der Waals surface area contributed by atoms with Gasteiger partial charge in [0.05, 0.1) is 6.54 Å². The van der Waals surface area contributed by atoms with Gasteiger partial charge >= 0.3 is 0 Å². The predicted molar refractivity (Wildman–Crippen MR) is 68.4 cm³/mol. The highest BCUT2D eigenvalue weighted by atomic mass is 19.1. The van der Waals surface area contributed by atoms with Crippen molar-refractivity contribution in [1.29, 1.82) is 0 Å². The lowest BCUT2D eigenvalue weighted by atomic mass is 10.2. The Balaban J connectivity index is 2.71. The number of carbonyl (C=O) groups excluding carboxylic acids is 2. The van der Waals surface area contributed by atoms with Crippen molar-refractivity contribution in [3.63, 3.8) is 0 Å². The lowest BCUT2D eigenvalue weighted by molar-refractivity contribution is -0.119. The smallest absolute Gasteiger partial charge is 0.239 e. The lowest BCUT2D eigenvalue weighted by Crippen LogP contribution is -2.35. The highest BCUT2D eigenvalue weighted by Crippen LogP contribution is 2.16. The van der Waals surface area contributed by atoms with Crippen LogP contribution in [0.3, 0.4) is 0 Å². The highest BCUT2D eigenvalue weighted by molar-refractivity contribution is 5.82. The zero-order valence-corrected chi connectivity index (χ0v) is 10.6. The summed E-state index contributed by atoms with van der Waals surface area (Å²) >= 11 is 0. The highest BCUT2D eigenvalue weighted by Gasteiger charge is 2.09. The summed E-state index contributed by atoms with van der Waals surface area (Å²) in [5.74, 6) is -0.619. The average Bonchev–Trinajstić information content (AvgIpc) is 2.35. The molecule has 0 heterocycles. The molecule has 0 aliphatic heterocycles. The molecule has 1 aromatic carbocycles. The Morgan fingerprint density at radius 3 is 2.78 bits per heavy atom. The molecule has 1 rings (SSSR count). The van der Waals surface area contributed by atoms with Gasteiger partial charge in [-0.05, 0) is 24.6 Å². The van der Waals surface area contributed by atoms with Gasteiger partial charge in [0.25, 0.3) is 0 Å². The van der Waals surface area contributed by atoms with Gasteiger partial charge in [-0.15, -0.1) is 0 Å². The molecule has 0 aliphatic rings. The van der Waals surface area contributed by atoms with E-state index >= 15 is 0 Å². The fraction of sp³-hybridized carbons (Fsp3) is 0.385. The van der Waals surface area contributed by atoms with Crippen molar-refractivity contribution in [3.05, 3.63) is 29.6 Å². The molecular weight excluding hydrogens is 235 g/mol. The number of hydrogen-bond donors (Lipinski definition) is 1. The van der Waals surface area contributed by atoms with Gasteiger partial charge < -0.3 is 10.2 Å². The first-order valence-corrected chi connectivity index (χ1v) is 5.80. The quantitative estimate of drug-likeness (QED) is 0.782. The van der Waals surface area contributed by atoms with Crippen LogP contribution < -0.4 is 10.2 Å². The van der Waals surface area contributed by atoms with E-state index in [9.17, 15) is 14.0 Å². The van der Waals surface area contributed by atoms with Gasteiger partial charge in [0.15, 0.2) is 0 Å². The van der Waals surface area contributed by atoms with E-state index in [0.717, 1.165) is 12.5 Å². The number of likely N-dealkylation sites (N-methyl/N-ethyl adjacent to an activating group) is 1. The molecule has 0 bridgehead atoms. The van der Waals surface area contributed by atoms with Gasteiger partial charge in [0.2, 0.25) is 5.91 Å². The molecule has 98 valence electrons. The van der Waals surface area contributed by atoms with E-state index in [4.69, 9.17) is 0 Å². The topological polar surface area (TPSA) is 49.4 Å². The molecule has 0 radical (unpaired) electrons. The van der Waals surface area contributed by atoms with E-state index in [1.165, 1.54) is 6.07 Å². The Kier molecular flexibility index (Phi) is 5.30. The second-order valence-electron chi connectivity index (χ2n) is 4.07. The molecule has 1 N–H and O–H groups in total. The van der Waals surface area contributed by atoms with Crippen molar-refractivity contribution in [2.75, 3.05) is 25.0 Å². The predicted octanol–water partition coefficient (Wildman–Crippen LogP) is 1.60. The molecule has 0 saturated heterocycles. The summed E-state index contributed by atoms with van der Waals surface area (Å²) in [7, 11) is 1.68. The molecule has 4 nitrogen and oxygen atoms in total. The summed E-state index contributed by atoms with van der Waals surface area (Å²) in [6.45, 7) is 2.71. The van der Waals surface area contributed by atoms with Crippen LogP contribution in [0.5, 0.6) is 0 Å². The fourth-order valence-corrected chi connectivity index (χ4v) is 1.51. The third-order valence-electron chi connectivity index (χ3n) is 2.43. The van der Waals surface area contributed by atoms with Crippen LogP contribution in [0.2, 0.25) is 0 Å². The van der Waals surface area contributed by atoms with Crippen molar-refractivity contribution in [2.45, 2.75) is 13.3 Å². The number of hydrogen-bond acceptors (Lipinski definition) is 3. The molecule has 1 aromatic rings. The van der Waals surface area contributed by atoms with E-state index in [-0.39, 0.29) is 18.0 Å². The number of nitrogens with zero attached hydrogens (tertiary/aromatic N) is 1. The van der Waals surface area contributed by atoms with Crippen molar-refractivity contribution in [2.24, 2.45) is 0 Å².